The van der Waals surface area contributed by atoms with Crippen molar-refractivity contribution in [1.82, 2.24) is 14.9 Å². The Balaban J connectivity index is 2.45. The molecule has 0 saturated carbocycles. The fourth-order valence-electron chi connectivity index (χ4n) is 1.40. The van der Waals surface area contributed by atoms with Crippen LogP contribution in [0.15, 0.2) is 12.8 Å². The number of aromatic nitrogens is 2. The maximum atomic E-state index is 4.22. The standard InChI is InChI=1S/C8H11N3/c1-2-8-10-6-7-5-9-3-4-11(7)8/h2,6,9H,1,3-5H2. The van der Waals surface area contributed by atoms with Crippen molar-refractivity contribution in [2.75, 3.05) is 6.54 Å². The second-order valence-corrected chi connectivity index (χ2v) is 2.64. The number of nitrogens with one attached hydrogen (secondary N) is 1. The van der Waals surface area contributed by atoms with Crippen molar-refractivity contribution in [1.29, 1.82) is 0 Å². The second-order valence-electron chi connectivity index (χ2n) is 2.64. The molecule has 0 aromatic carbocycles. The first kappa shape index (κ1) is 6.61. The van der Waals surface area contributed by atoms with Crippen LogP contribution in [0, 0.1) is 0 Å². The molecule has 0 spiro atoms. The molecule has 0 fully saturated rings. The summed E-state index contributed by atoms with van der Waals surface area (Å²) in [6.45, 7) is 6.68. The average molecular weight is 149 g/mol. The zero-order valence-electron chi connectivity index (χ0n) is 6.38. The number of hydrogen-bond donors (Lipinski definition) is 1. The zero-order valence-corrected chi connectivity index (χ0v) is 6.38. The Morgan fingerprint density at radius 1 is 1.73 bits per heavy atom. The second kappa shape index (κ2) is 2.51. The highest BCUT2D eigenvalue weighted by molar-refractivity contribution is 5.38. The number of fused-ring (bicyclic) bond motifs is 1. The fourth-order valence-corrected chi connectivity index (χ4v) is 1.40. The Morgan fingerprint density at radius 2 is 2.64 bits per heavy atom. The minimum Gasteiger partial charge on any atom is -0.326 e. The third-order valence-electron chi connectivity index (χ3n) is 1.97. The Bertz CT molecular complexity index is 275. The van der Waals surface area contributed by atoms with Crippen LogP contribution in [-0.2, 0) is 13.1 Å². The van der Waals surface area contributed by atoms with E-state index in [9.17, 15) is 0 Å². The fraction of sp³-hybridized carbons (Fsp3) is 0.375. The third-order valence-corrected chi connectivity index (χ3v) is 1.97. The SMILES string of the molecule is C=Cc1ncc2n1CCNC2. The number of imidazole rings is 1. The van der Waals surface area contributed by atoms with Gasteiger partial charge in [-0.05, 0) is 6.08 Å². The van der Waals surface area contributed by atoms with Gasteiger partial charge in [-0.2, -0.15) is 0 Å². The number of rotatable bonds is 1. The van der Waals surface area contributed by atoms with E-state index in [-0.39, 0.29) is 0 Å². The van der Waals surface area contributed by atoms with Gasteiger partial charge in [0.25, 0.3) is 0 Å². The molecule has 2 rings (SSSR count). The van der Waals surface area contributed by atoms with E-state index >= 15 is 0 Å². The minimum atomic E-state index is 0.931. The highest BCUT2D eigenvalue weighted by atomic mass is 15.1. The lowest BCUT2D eigenvalue weighted by Crippen LogP contribution is -2.28. The van der Waals surface area contributed by atoms with Gasteiger partial charge in [-0.3, -0.25) is 0 Å². The van der Waals surface area contributed by atoms with Crippen LogP contribution in [0.2, 0.25) is 0 Å². The molecular formula is C8H11N3. The van der Waals surface area contributed by atoms with Gasteiger partial charge in [-0.1, -0.05) is 6.58 Å². The summed E-state index contributed by atoms with van der Waals surface area (Å²) in [5.41, 5.74) is 1.26. The smallest absolute Gasteiger partial charge is 0.132 e. The summed E-state index contributed by atoms with van der Waals surface area (Å²) < 4.78 is 2.20. The van der Waals surface area contributed by atoms with E-state index in [0.29, 0.717) is 0 Å². The third kappa shape index (κ3) is 0.973. The van der Waals surface area contributed by atoms with Gasteiger partial charge >= 0.3 is 0 Å². The Hall–Kier alpha value is -1.09. The van der Waals surface area contributed by atoms with Crippen molar-refractivity contribution in [3.8, 4) is 0 Å². The van der Waals surface area contributed by atoms with Crippen LogP contribution in [0.5, 0.6) is 0 Å². The van der Waals surface area contributed by atoms with Crippen molar-refractivity contribution >= 4 is 6.08 Å². The Morgan fingerprint density at radius 3 is 3.45 bits per heavy atom. The zero-order chi connectivity index (χ0) is 7.68. The summed E-state index contributed by atoms with van der Waals surface area (Å²) >= 11 is 0. The van der Waals surface area contributed by atoms with Crippen molar-refractivity contribution in [3.05, 3.63) is 24.3 Å². The molecule has 0 amide bonds. The van der Waals surface area contributed by atoms with Gasteiger partial charge in [0.1, 0.15) is 5.82 Å². The average Bonchev–Trinajstić information content (AvgIpc) is 2.47. The summed E-state index contributed by atoms with van der Waals surface area (Å²) in [6.07, 6.45) is 3.71. The van der Waals surface area contributed by atoms with Crippen LogP contribution >= 0.6 is 0 Å². The molecule has 3 heteroatoms. The van der Waals surface area contributed by atoms with Crippen LogP contribution in [0.1, 0.15) is 11.5 Å². The first-order valence-corrected chi connectivity index (χ1v) is 3.79. The maximum Gasteiger partial charge on any atom is 0.132 e. The van der Waals surface area contributed by atoms with E-state index in [1.54, 1.807) is 6.08 Å². The van der Waals surface area contributed by atoms with Gasteiger partial charge in [0.15, 0.2) is 0 Å². The maximum absolute atomic E-state index is 4.22. The molecular weight excluding hydrogens is 138 g/mol. The van der Waals surface area contributed by atoms with Crippen LogP contribution < -0.4 is 5.32 Å². The Kier molecular flexibility index (Phi) is 1.51. The highest BCUT2D eigenvalue weighted by Crippen LogP contribution is 2.08. The lowest BCUT2D eigenvalue weighted by molar-refractivity contribution is 0.513. The van der Waals surface area contributed by atoms with Crippen LogP contribution in [0.4, 0.5) is 0 Å². The van der Waals surface area contributed by atoms with Gasteiger partial charge in [-0.15, -0.1) is 0 Å². The quantitative estimate of drug-likeness (QED) is 0.634. The van der Waals surface area contributed by atoms with E-state index in [2.05, 4.69) is 21.4 Å². The van der Waals surface area contributed by atoms with E-state index in [0.717, 1.165) is 25.5 Å². The van der Waals surface area contributed by atoms with Gasteiger partial charge < -0.3 is 9.88 Å². The van der Waals surface area contributed by atoms with E-state index in [1.807, 2.05) is 6.20 Å². The first-order valence-electron chi connectivity index (χ1n) is 3.79. The first-order chi connectivity index (χ1) is 5.42. The molecule has 1 aromatic heterocycles. The van der Waals surface area contributed by atoms with Crippen molar-refractivity contribution < 1.29 is 0 Å². The molecule has 1 aliphatic heterocycles. The molecule has 3 nitrogen and oxygen atoms in total. The van der Waals surface area contributed by atoms with Crippen molar-refractivity contribution in [3.63, 3.8) is 0 Å². The van der Waals surface area contributed by atoms with Gasteiger partial charge in [0.05, 0.1) is 11.9 Å². The predicted octanol–water partition coefficient (Wildman–Crippen LogP) is 0.629. The molecule has 1 aromatic rings. The van der Waals surface area contributed by atoms with Gasteiger partial charge in [0.2, 0.25) is 0 Å². The van der Waals surface area contributed by atoms with Crippen molar-refractivity contribution in [2.24, 2.45) is 0 Å². The van der Waals surface area contributed by atoms with Crippen LogP contribution in [0.3, 0.4) is 0 Å². The van der Waals surface area contributed by atoms with Crippen LogP contribution in [0.25, 0.3) is 6.08 Å². The topological polar surface area (TPSA) is 29.9 Å². The van der Waals surface area contributed by atoms with Gasteiger partial charge in [-0.25, -0.2) is 4.98 Å². The summed E-state index contributed by atoms with van der Waals surface area (Å²) in [6, 6.07) is 0. The molecule has 1 aliphatic rings. The number of nitrogens with zero attached hydrogens (tertiary/aromatic N) is 2. The van der Waals surface area contributed by atoms with Gasteiger partial charge in [0, 0.05) is 19.6 Å². The molecule has 58 valence electrons. The van der Waals surface area contributed by atoms with Crippen molar-refractivity contribution in [2.45, 2.75) is 13.1 Å². The lowest BCUT2D eigenvalue weighted by atomic mass is 10.3. The Labute approximate surface area is 65.7 Å². The molecule has 11 heavy (non-hydrogen) atoms. The summed E-state index contributed by atoms with van der Waals surface area (Å²) in [5, 5.41) is 3.28. The molecule has 0 radical (unpaired) electrons. The molecule has 1 N–H and O–H groups in total. The molecule has 2 heterocycles. The normalized spacial score (nSPS) is 16.0. The van der Waals surface area contributed by atoms with E-state index < -0.39 is 0 Å². The molecule has 0 bridgehead atoms. The summed E-state index contributed by atoms with van der Waals surface area (Å²) in [4.78, 5) is 4.22. The van der Waals surface area contributed by atoms with E-state index in [1.165, 1.54) is 5.69 Å². The minimum absolute atomic E-state index is 0.931. The van der Waals surface area contributed by atoms with Crippen LogP contribution in [-0.4, -0.2) is 16.1 Å². The highest BCUT2D eigenvalue weighted by Gasteiger charge is 2.10. The summed E-state index contributed by atoms with van der Waals surface area (Å²) in [5.74, 6) is 0.988. The molecule has 0 aliphatic carbocycles. The lowest BCUT2D eigenvalue weighted by Gasteiger charge is -2.16. The molecule has 0 unspecified atom stereocenters. The number of hydrogen-bond acceptors (Lipinski definition) is 2. The molecule has 0 saturated heterocycles. The molecule has 0 atom stereocenters. The summed E-state index contributed by atoms with van der Waals surface area (Å²) in [7, 11) is 0. The van der Waals surface area contributed by atoms with E-state index in [4.69, 9.17) is 0 Å². The predicted molar refractivity (Wildman–Crippen MR) is 44.0 cm³/mol. The largest absolute Gasteiger partial charge is 0.326 e. The monoisotopic (exact) mass is 149 g/mol.